The zero-order chi connectivity index (χ0) is 18.9. The number of hydrogen-bond donors (Lipinski definition) is 4. The first-order valence-corrected chi connectivity index (χ1v) is 7.73. The number of anilines is 1. The van der Waals surface area contributed by atoms with Gasteiger partial charge in [-0.25, -0.2) is 4.79 Å². The summed E-state index contributed by atoms with van der Waals surface area (Å²) < 4.78 is 38.2. The molecule has 3 rings (SSSR count). The Labute approximate surface area is 146 Å². The van der Waals surface area contributed by atoms with Crippen LogP contribution >= 0.6 is 0 Å². The largest absolute Gasteiger partial charge is 0.506 e. The van der Waals surface area contributed by atoms with Gasteiger partial charge >= 0.3 is 12.1 Å². The number of hydrogen-bond acceptors (Lipinski definition) is 3. The fraction of sp³-hybridized carbons (Fsp3) is 0.167. The van der Waals surface area contributed by atoms with Crippen molar-refractivity contribution >= 4 is 22.6 Å². The molecular weight excluding hydrogens is 349 g/mol. The van der Waals surface area contributed by atoms with Crippen molar-refractivity contribution in [1.29, 1.82) is 0 Å². The zero-order valence-electron chi connectivity index (χ0n) is 13.4. The summed E-state index contributed by atoms with van der Waals surface area (Å²) in [7, 11) is 0. The average Bonchev–Trinajstić information content (AvgIpc) is 2.98. The lowest BCUT2D eigenvalue weighted by atomic mass is 10.1. The number of carboxylic acids is 1. The molecule has 2 aromatic carbocycles. The van der Waals surface area contributed by atoms with Gasteiger partial charge in [0.15, 0.2) is 0 Å². The normalized spacial score (nSPS) is 11.7. The Morgan fingerprint density at radius 3 is 2.65 bits per heavy atom. The lowest BCUT2D eigenvalue weighted by Gasteiger charge is -2.13. The number of aromatic hydroxyl groups is 1. The molecule has 0 aliphatic rings. The molecule has 136 valence electrons. The van der Waals surface area contributed by atoms with Crippen LogP contribution in [-0.4, -0.2) is 27.7 Å². The quantitative estimate of drug-likeness (QED) is 0.545. The zero-order valence-corrected chi connectivity index (χ0v) is 13.4. The summed E-state index contributed by atoms with van der Waals surface area (Å²) in [5, 5.41) is 22.6. The topological polar surface area (TPSA) is 85.4 Å². The Kier molecular flexibility index (Phi) is 4.50. The van der Waals surface area contributed by atoms with E-state index in [0.717, 1.165) is 23.1 Å². The second-order valence-electron chi connectivity index (χ2n) is 5.75. The van der Waals surface area contributed by atoms with Gasteiger partial charge in [0.25, 0.3) is 0 Å². The molecule has 0 radical (unpaired) electrons. The molecule has 3 aromatic rings. The third-order valence-corrected chi connectivity index (χ3v) is 4.07. The highest BCUT2D eigenvalue weighted by molar-refractivity contribution is 5.94. The predicted molar refractivity (Wildman–Crippen MR) is 90.6 cm³/mol. The van der Waals surface area contributed by atoms with Gasteiger partial charge in [-0.15, -0.1) is 0 Å². The highest BCUT2D eigenvalue weighted by atomic mass is 19.4. The van der Waals surface area contributed by atoms with Gasteiger partial charge in [-0.3, -0.25) is 0 Å². The summed E-state index contributed by atoms with van der Waals surface area (Å²) in [6, 6.07) is 7.69. The van der Waals surface area contributed by atoms with E-state index in [4.69, 9.17) is 0 Å². The molecule has 0 aliphatic carbocycles. The van der Waals surface area contributed by atoms with Crippen molar-refractivity contribution in [2.24, 2.45) is 0 Å². The molecule has 0 unspecified atom stereocenters. The first-order chi connectivity index (χ1) is 12.3. The lowest BCUT2D eigenvalue weighted by Crippen LogP contribution is -2.12. The minimum Gasteiger partial charge on any atom is -0.506 e. The lowest BCUT2D eigenvalue weighted by molar-refractivity contribution is -0.137. The highest BCUT2D eigenvalue weighted by Gasteiger charge is 2.31. The number of phenols is 1. The minimum atomic E-state index is -4.60. The molecule has 0 fully saturated rings. The smallest absolute Gasteiger partial charge is 0.416 e. The van der Waals surface area contributed by atoms with Gasteiger partial charge in [0.2, 0.25) is 0 Å². The van der Waals surface area contributed by atoms with E-state index in [9.17, 15) is 28.2 Å². The van der Waals surface area contributed by atoms with Crippen LogP contribution in [0.25, 0.3) is 10.9 Å². The maximum absolute atomic E-state index is 12.7. The first-order valence-electron chi connectivity index (χ1n) is 7.73. The van der Waals surface area contributed by atoms with E-state index in [0.29, 0.717) is 24.5 Å². The number of rotatable bonds is 5. The van der Waals surface area contributed by atoms with Gasteiger partial charge in [-0.2, -0.15) is 13.2 Å². The molecule has 8 heteroatoms. The van der Waals surface area contributed by atoms with E-state index in [1.807, 2.05) is 6.07 Å². The van der Waals surface area contributed by atoms with Gasteiger partial charge in [-0.1, -0.05) is 12.1 Å². The fourth-order valence-corrected chi connectivity index (χ4v) is 2.79. The number of H-pyrrole nitrogens is 1. The number of alkyl halides is 3. The molecule has 0 saturated heterocycles. The van der Waals surface area contributed by atoms with Crippen LogP contribution in [0.2, 0.25) is 0 Å². The van der Waals surface area contributed by atoms with Gasteiger partial charge < -0.3 is 20.5 Å². The van der Waals surface area contributed by atoms with Crippen molar-refractivity contribution in [2.75, 3.05) is 11.9 Å². The molecule has 0 aliphatic heterocycles. The summed E-state index contributed by atoms with van der Waals surface area (Å²) in [5.74, 6) is -1.31. The summed E-state index contributed by atoms with van der Waals surface area (Å²) >= 11 is 0. The number of para-hydroxylation sites is 1. The molecule has 26 heavy (non-hydrogen) atoms. The van der Waals surface area contributed by atoms with Crippen molar-refractivity contribution in [2.45, 2.75) is 12.6 Å². The van der Waals surface area contributed by atoms with E-state index in [-0.39, 0.29) is 11.4 Å². The Bertz CT molecular complexity index is 964. The van der Waals surface area contributed by atoms with Crippen LogP contribution in [0.15, 0.2) is 42.6 Å². The number of halogens is 3. The number of aromatic nitrogens is 1. The molecule has 0 amide bonds. The number of fused-ring (bicyclic) bond motifs is 1. The minimum absolute atomic E-state index is 0.119. The van der Waals surface area contributed by atoms with Gasteiger partial charge in [0, 0.05) is 23.8 Å². The van der Waals surface area contributed by atoms with E-state index in [1.54, 1.807) is 18.3 Å². The number of nitrogens with one attached hydrogen (secondary N) is 2. The van der Waals surface area contributed by atoms with Gasteiger partial charge in [0.1, 0.15) is 5.75 Å². The van der Waals surface area contributed by atoms with Crippen molar-refractivity contribution in [3.63, 3.8) is 0 Å². The van der Waals surface area contributed by atoms with Crippen LogP contribution < -0.4 is 5.32 Å². The van der Waals surface area contributed by atoms with Gasteiger partial charge in [0.05, 0.1) is 16.6 Å². The molecule has 4 N–H and O–H groups in total. The highest BCUT2D eigenvalue weighted by Crippen LogP contribution is 2.32. The maximum atomic E-state index is 12.7. The van der Waals surface area contributed by atoms with Crippen molar-refractivity contribution in [1.82, 2.24) is 4.98 Å². The van der Waals surface area contributed by atoms with Crippen molar-refractivity contribution < 1.29 is 28.2 Å². The molecule has 5 nitrogen and oxygen atoms in total. The van der Waals surface area contributed by atoms with E-state index >= 15 is 0 Å². The standard InChI is InChI=1S/C18H15F3N2O3/c19-18(20,21)11-4-5-14(13(8-11)17(25)26)22-7-6-10-9-23-16-12(10)2-1-3-15(16)24/h1-5,8-9,22-24H,6-7H2,(H,25,26). The average molecular weight is 364 g/mol. The Hall–Kier alpha value is -3.16. The summed E-state index contributed by atoms with van der Waals surface area (Å²) in [6.07, 6.45) is -2.38. The van der Waals surface area contributed by atoms with E-state index in [2.05, 4.69) is 10.3 Å². The number of aromatic amines is 1. The van der Waals surface area contributed by atoms with Gasteiger partial charge in [-0.05, 0) is 36.2 Å². The van der Waals surface area contributed by atoms with Crippen LogP contribution in [0.5, 0.6) is 5.75 Å². The van der Waals surface area contributed by atoms with E-state index < -0.39 is 23.3 Å². The first kappa shape index (κ1) is 17.7. The monoisotopic (exact) mass is 364 g/mol. The van der Waals surface area contributed by atoms with Crippen LogP contribution in [0, 0.1) is 0 Å². The molecule has 0 saturated carbocycles. The van der Waals surface area contributed by atoms with Crippen LogP contribution in [0.3, 0.4) is 0 Å². The van der Waals surface area contributed by atoms with Crippen molar-refractivity contribution in [3.05, 3.63) is 59.3 Å². The summed E-state index contributed by atoms with van der Waals surface area (Å²) in [6.45, 7) is 0.314. The van der Waals surface area contributed by atoms with Crippen LogP contribution in [0.4, 0.5) is 18.9 Å². The maximum Gasteiger partial charge on any atom is 0.416 e. The van der Waals surface area contributed by atoms with Crippen LogP contribution in [-0.2, 0) is 12.6 Å². The summed E-state index contributed by atoms with van der Waals surface area (Å²) in [5.41, 5.74) is 0.174. The number of phenolic OH excluding ortho intramolecular Hbond substituents is 1. The van der Waals surface area contributed by atoms with Crippen molar-refractivity contribution in [3.8, 4) is 5.75 Å². The fourth-order valence-electron chi connectivity index (χ4n) is 2.79. The summed E-state index contributed by atoms with van der Waals surface area (Å²) in [4.78, 5) is 14.2. The molecule has 1 heterocycles. The second-order valence-corrected chi connectivity index (χ2v) is 5.75. The molecule has 0 spiro atoms. The third kappa shape index (κ3) is 3.44. The number of carbonyl (C=O) groups is 1. The van der Waals surface area contributed by atoms with E-state index in [1.165, 1.54) is 0 Å². The van der Waals surface area contributed by atoms with Crippen LogP contribution in [0.1, 0.15) is 21.5 Å². The number of benzene rings is 2. The molecular formula is C18H15F3N2O3. The number of carboxylic acid groups (broad SMARTS) is 1. The third-order valence-electron chi connectivity index (χ3n) is 4.07. The number of aromatic carboxylic acids is 1. The second kappa shape index (κ2) is 6.62. The SMILES string of the molecule is O=C(O)c1cc(C(F)(F)F)ccc1NCCc1c[nH]c2c(O)cccc12. The predicted octanol–water partition coefficient (Wildman–Crippen LogP) is 4.25. The molecule has 1 aromatic heterocycles. The molecule has 0 atom stereocenters. The molecule has 0 bridgehead atoms. The Morgan fingerprint density at radius 2 is 1.96 bits per heavy atom. The Balaban J connectivity index is 1.77. The Morgan fingerprint density at radius 1 is 1.19 bits per heavy atom.